The lowest BCUT2D eigenvalue weighted by atomic mass is 10.1. The van der Waals surface area contributed by atoms with Crippen LogP contribution in [-0.2, 0) is 11.3 Å². The molecule has 4 nitrogen and oxygen atoms in total. The molecule has 1 aromatic heterocycles. The zero-order valence-electron chi connectivity index (χ0n) is 10.7. The molecule has 0 amide bonds. The van der Waals surface area contributed by atoms with Crippen LogP contribution in [0.1, 0.15) is 29.1 Å². The summed E-state index contributed by atoms with van der Waals surface area (Å²) in [4.78, 5) is 14.1. The van der Waals surface area contributed by atoms with E-state index in [4.69, 9.17) is 4.74 Å². The number of ether oxygens (including phenoxy) is 1. The molecule has 0 unspecified atom stereocenters. The molecule has 0 saturated carbocycles. The summed E-state index contributed by atoms with van der Waals surface area (Å²) in [6.07, 6.45) is 0. The van der Waals surface area contributed by atoms with Crippen LogP contribution in [0.25, 0.3) is 0 Å². The van der Waals surface area contributed by atoms with Crippen LogP contribution in [0.15, 0.2) is 11.4 Å². The molecule has 0 aliphatic heterocycles. The quantitative estimate of drug-likeness (QED) is 0.816. The number of carbonyl (C=O) groups is 1. The van der Waals surface area contributed by atoms with Crippen molar-refractivity contribution in [1.29, 1.82) is 0 Å². The van der Waals surface area contributed by atoms with Crippen molar-refractivity contribution in [3.63, 3.8) is 0 Å². The van der Waals surface area contributed by atoms with Gasteiger partial charge in [-0.05, 0) is 37.9 Å². The first-order valence-electron chi connectivity index (χ1n) is 5.39. The predicted octanol–water partition coefficient (Wildman–Crippen LogP) is 1.74. The Balaban J connectivity index is 2.69. The van der Waals surface area contributed by atoms with Gasteiger partial charge in [-0.3, -0.25) is 4.90 Å². The second-order valence-electron chi connectivity index (χ2n) is 4.75. The van der Waals surface area contributed by atoms with Crippen LogP contribution < -0.4 is 0 Å². The van der Waals surface area contributed by atoms with Crippen LogP contribution in [0, 0.1) is 0 Å². The largest absolute Gasteiger partial charge is 0.465 e. The minimum Gasteiger partial charge on any atom is -0.465 e. The van der Waals surface area contributed by atoms with Gasteiger partial charge in [0.25, 0.3) is 0 Å². The lowest BCUT2D eigenvalue weighted by Crippen LogP contribution is -2.36. The Bertz CT molecular complexity index is 381. The van der Waals surface area contributed by atoms with Gasteiger partial charge < -0.3 is 9.84 Å². The molecule has 5 heteroatoms. The molecule has 0 spiro atoms. The molecular formula is C12H19NO3S. The molecule has 1 rings (SSSR count). The van der Waals surface area contributed by atoms with Crippen molar-refractivity contribution >= 4 is 17.3 Å². The summed E-state index contributed by atoms with van der Waals surface area (Å²) in [5, 5.41) is 11.6. The van der Waals surface area contributed by atoms with E-state index in [2.05, 4.69) is 0 Å². The van der Waals surface area contributed by atoms with Gasteiger partial charge in [0.2, 0.25) is 0 Å². The smallest absolute Gasteiger partial charge is 0.348 e. The van der Waals surface area contributed by atoms with Gasteiger partial charge in [0.05, 0.1) is 12.7 Å². The average Bonchev–Trinajstić information content (AvgIpc) is 2.61. The van der Waals surface area contributed by atoms with E-state index in [9.17, 15) is 9.90 Å². The van der Waals surface area contributed by atoms with Crippen LogP contribution in [0.5, 0.6) is 0 Å². The number of aliphatic hydroxyl groups is 1. The first-order valence-corrected chi connectivity index (χ1v) is 6.27. The standard InChI is InChI=1S/C12H19NO3S/c1-12(2,15)8-13(3)7-9-5-6-17-10(9)11(14)16-4/h5-6,15H,7-8H2,1-4H3. The minimum atomic E-state index is -0.740. The van der Waals surface area contributed by atoms with Gasteiger partial charge in [0.1, 0.15) is 4.88 Å². The molecule has 0 aromatic carbocycles. The van der Waals surface area contributed by atoms with Crippen LogP contribution in [0.4, 0.5) is 0 Å². The average molecular weight is 257 g/mol. The van der Waals surface area contributed by atoms with E-state index in [1.165, 1.54) is 18.4 Å². The summed E-state index contributed by atoms with van der Waals surface area (Å²) in [5.41, 5.74) is 0.199. The lowest BCUT2D eigenvalue weighted by Gasteiger charge is -2.25. The molecule has 0 aliphatic rings. The van der Waals surface area contributed by atoms with Crippen molar-refractivity contribution in [2.75, 3.05) is 20.7 Å². The number of likely N-dealkylation sites (N-methyl/N-ethyl adjacent to an activating group) is 1. The fourth-order valence-electron chi connectivity index (χ4n) is 1.74. The maximum Gasteiger partial charge on any atom is 0.348 e. The molecule has 0 atom stereocenters. The van der Waals surface area contributed by atoms with Gasteiger partial charge in [0.15, 0.2) is 0 Å². The monoisotopic (exact) mass is 257 g/mol. The predicted molar refractivity (Wildman–Crippen MR) is 68.3 cm³/mol. The summed E-state index contributed by atoms with van der Waals surface area (Å²) in [7, 11) is 3.29. The number of thiophene rings is 1. The molecule has 0 saturated heterocycles. The van der Waals surface area contributed by atoms with Crippen molar-refractivity contribution in [2.24, 2.45) is 0 Å². The zero-order chi connectivity index (χ0) is 13.1. The number of methoxy groups -OCH3 is 1. The van der Waals surface area contributed by atoms with Gasteiger partial charge in [0, 0.05) is 13.1 Å². The second-order valence-corrected chi connectivity index (χ2v) is 5.67. The molecule has 0 fully saturated rings. The molecular weight excluding hydrogens is 238 g/mol. The fourth-order valence-corrected chi connectivity index (χ4v) is 2.57. The first-order chi connectivity index (χ1) is 7.83. The van der Waals surface area contributed by atoms with E-state index in [0.29, 0.717) is 18.0 Å². The highest BCUT2D eigenvalue weighted by Gasteiger charge is 2.19. The van der Waals surface area contributed by atoms with Gasteiger partial charge in [-0.25, -0.2) is 4.79 Å². The molecule has 17 heavy (non-hydrogen) atoms. The molecule has 1 N–H and O–H groups in total. The third kappa shape index (κ3) is 4.46. The highest BCUT2D eigenvalue weighted by atomic mass is 32.1. The normalized spacial score (nSPS) is 11.9. The van der Waals surface area contributed by atoms with Crippen LogP contribution >= 0.6 is 11.3 Å². The Labute approximate surface area is 106 Å². The van der Waals surface area contributed by atoms with E-state index >= 15 is 0 Å². The van der Waals surface area contributed by atoms with Gasteiger partial charge in [-0.2, -0.15) is 0 Å². The highest BCUT2D eigenvalue weighted by molar-refractivity contribution is 7.12. The Morgan fingerprint density at radius 1 is 1.59 bits per heavy atom. The van der Waals surface area contributed by atoms with E-state index in [0.717, 1.165) is 5.56 Å². The fraction of sp³-hybridized carbons (Fsp3) is 0.583. The summed E-state index contributed by atoms with van der Waals surface area (Å²) in [5.74, 6) is -0.299. The number of esters is 1. The van der Waals surface area contributed by atoms with Crippen molar-refractivity contribution in [2.45, 2.75) is 26.0 Å². The zero-order valence-corrected chi connectivity index (χ0v) is 11.5. The number of nitrogens with zero attached hydrogens (tertiary/aromatic N) is 1. The number of rotatable bonds is 5. The van der Waals surface area contributed by atoms with Crippen molar-refractivity contribution in [3.8, 4) is 0 Å². The first kappa shape index (κ1) is 14.2. The molecule has 1 aromatic rings. The van der Waals surface area contributed by atoms with Gasteiger partial charge in [-0.1, -0.05) is 0 Å². The molecule has 0 aliphatic carbocycles. The Morgan fingerprint density at radius 3 is 2.76 bits per heavy atom. The summed E-state index contributed by atoms with van der Waals surface area (Å²) in [6.45, 7) is 4.69. The van der Waals surface area contributed by atoms with E-state index in [1.54, 1.807) is 13.8 Å². The van der Waals surface area contributed by atoms with E-state index in [1.807, 2.05) is 23.4 Å². The summed E-state index contributed by atoms with van der Waals surface area (Å²) in [6, 6.07) is 1.91. The maximum absolute atomic E-state index is 11.5. The minimum absolute atomic E-state index is 0.299. The Kier molecular flexibility index (Phi) is 4.68. The molecule has 1 heterocycles. The Morgan fingerprint density at radius 2 is 2.24 bits per heavy atom. The molecule has 0 radical (unpaired) electrons. The van der Waals surface area contributed by atoms with Gasteiger partial charge in [-0.15, -0.1) is 11.3 Å². The third-order valence-electron chi connectivity index (χ3n) is 2.21. The number of hydrogen-bond donors (Lipinski definition) is 1. The van der Waals surface area contributed by atoms with Crippen molar-refractivity contribution in [3.05, 3.63) is 21.9 Å². The molecule has 0 bridgehead atoms. The van der Waals surface area contributed by atoms with Crippen LogP contribution in [0.2, 0.25) is 0 Å². The highest BCUT2D eigenvalue weighted by Crippen LogP contribution is 2.19. The lowest BCUT2D eigenvalue weighted by molar-refractivity contribution is 0.0423. The third-order valence-corrected chi connectivity index (χ3v) is 3.15. The van der Waals surface area contributed by atoms with Crippen LogP contribution in [0.3, 0.4) is 0 Å². The Hall–Kier alpha value is -0.910. The number of hydrogen-bond acceptors (Lipinski definition) is 5. The summed E-state index contributed by atoms with van der Waals surface area (Å²) >= 11 is 1.38. The SMILES string of the molecule is COC(=O)c1sccc1CN(C)CC(C)(C)O. The topological polar surface area (TPSA) is 49.8 Å². The second kappa shape index (κ2) is 5.62. The van der Waals surface area contributed by atoms with Crippen LogP contribution in [-0.4, -0.2) is 42.3 Å². The maximum atomic E-state index is 11.5. The number of carbonyl (C=O) groups excluding carboxylic acids is 1. The van der Waals surface area contributed by atoms with E-state index < -0.39 is 5.60 Å². The molecule has 96 valence electrons. The van der Waals surface area contributed by atoms with E-state index in [-0.39, 0.29) is 5.97 Å². The van der Waals surface area contributed by atoms with Crippen molar-refractivity contribution < 1.29 is 14.6 Å². The van der Waals surface area contributed by atoms with Gasteiger partial charge >= 0.3 is 5.97 Å². The van der Waals surface area contributed by atoms with Crippen molar-refractivity contribution in [1.82, 2.24) is 4.90 Å². The summed E-state index contributed by atoms with van der Waals surface area (Å²) < 4.78 is 4.72.